The number of hydrogen-bond acceptors (Lipinski definition) is 5. The van der Waals surface area contributed by atoms with Gasteiger partial charge in [-0.2, -0.15) is 0 Å². The molecule has 2 heterocycles. The topological polar surface area (TPSA) is 84.8 Å². The predicted octanol–water partition coefficient (Wildman–Crippen LogP) is 4.01. The second-order valence-electron chi connectivity index (χ2n) is 8.37. The summed E-state index contributed by atoms with van der Waals surface area (Å²) in [4.78, 5) is 12.4. The molecule has 1 amide bonds. The van der Waals surface area contributed by atoms with Gasteiger partial charge in [0.05, 0.1) is 15.3 Å². The molecule has 1 aromatic carbocycles. The number of hydrogen-bond donors (Lipinski definition) is 3. The second kappa shape index (κ2) is 9.57. The molecule has 1 aromatic heterocycles. The van der Waals surface area contributed by atoms with Crippen LogP contribution in [-0.4, -0.2) is 47.0 Å². The van der Waals surface area contributed by atoms with Crippen LogP contribution >= 0.6 is 22.6 Å². The molecule has 1 aliphatic heterocycles. The highest BCUT2D eigenvalue weighted by Gasteiger charge is 2.32. The van der Waals surface area contributed by atoms with Crippen LogP contribution < -0.4 is 15.4 Å². The van der Waals surface area contributed by atoms with E-state index in [1.807, 2.05) is 25.3 Å². The van der Waals surface area contributed by atoms with Crippen molar-refractivity contribution < 1.29 is 32.5 Å². The van der Waals surface area contributed by atoms with Gasteiger partial charge in [-0.05, 0) is 73.5 Å². The van der Waals surface area contributed by atoms with Crippen LogP contribution in [0.1, 0.15) is 43.7 Å². The van der Waals surface area contributed by atoms with Crippen molar-refractivity contribution in [1.82, 2.24) is 15.2 Å². The lowest BCUT2D eigenvalue weighted by molar-refractivity contribution is -0.274. The maximum Gasteiger partial charge on any atom is 0.573 e. The number of rotatable bonds is 7. The number of aliphatic hydroxyl groups is 1. The average Bonchev–Trinajstić information content (AvgIpc) is 2.99. The molecule has 1 aliphatic rings. The Balaban J connectivity index is 1.80. The van der Waals surface area contributed by atoms with Crippen LogP contribution in [0.2, 0.25) is 0 Å². The molecular formula is C21H25F3IN3O4. The number of benzene rings is 1. The van der Waals surface area contributed by atoms with Gasteiger partial charge in [0.25, 0.3) is 5.91 Å². The summed E-state index contributed by atoms with van der Waals surface area (Å²) in [6, 6.07) is 7.23. The van der Waals surface area contributed by atoms with E-state index in [0.717, 1.165) is 3.70 Å². The SMILES string of the molecule is CC(C)(C)OC(O)NCCC1CNC(=O)c2cc(-c3cccc(OC(F)(F)F)c3)c(I)n21. The molecule has 0 bridgehead atoms. The summed E-state index contributed by atoms with van der Waals surface area (Å²) < 4.78 is 49.8. The molecular weight excluding hydrogens is 542 g/mol. The third-order valence-electron chi connectivity index (χ3n) is 4.71. The minimum Gasteiger partial charge on any atom is -0.406 e. The summed E-state index contributed by atoms with van der Waals surface area (Å²) in [6.07, 6.45) is -5.33. The molecule has 11 heteroatoms. The maximum absolute atomic E-state index is 12.6. The molecule has 0 aliphatic carbocycles. The summed E-state index contributed by atoms with van der Waals surface area (Å²) >= 11 is 2.10. The number of halogens is 4. The molecule has 0 saturated carbocycles. The highest BCUT2D eigenvalue weighted by Crippen LogP contribution is 2.35. The fourth-order valence-corrected chi connectivity index (χ4v) is 4.59. The summed E-state index contributed by atoms with van der Waals surface area (Å²) in [5.74, 6) is -0.579. The summed E-state index contributed by atoms with van der Waals surface area (Å²) in [6.45, 7) is 6.32. The number of nitrogens with one attached hydrogen (secondary N) is 2. The number of aliphatic hydroxyl groups excluding tert-OH is 1. The third kappa shape index (κ3) is 6.36. The number of nitrogens with zero attached hydrogens (tertiary/aromatic N) is 1. The molecule has 2 unspecified atom stereocenters. The van der Waals surface area contributed by atoms with Crippen molar-refractivity contribution in [2.45, 2.75) is 51.6 Å². The van der Waals surface area contributed by atoms with Gasteiger partial charge >= 0.3 is 6.36 Å². The first-order valence-corrected chi connectivity index (χ1v) is 11.1. The fourth-order valence-electron chi connectivity index (χ4n) is 3.47. The number of fused-ring (bicyclic) bond motifs is 1. The smallest absolute Gasteiger partial charge is 0.406 e. The first-order chi connectivity index (χ1) is 14.8. The van der Waals surface area contributed by atoms with Crippen LogP contribution in [0.15, 0.2) is 30.3 Å². The monoisotopic (exact) mass is 567 g/mol. The van der Waals surface area contributed by atoms with Gasteiger partial charge in [0.2, 0.25) is 6.41 Å². The fraction of sp³-hybridized carbons (Fsp3) is 0.476. The quantitative estimate of drug-likeness (QED) is 0.348. The highest BCUT2D eigenvalue weighted by atomic mass is 127. The van der Waals surface area contributed by atoms with Crippen LogP contribution in [0, 0.1) is 3.70 Å². The molecule has 3 rings (SSSR count). The Bertz CT molecular complexity index is 972. The molecule has 0 spiro atoms. The Morgan fingerprint density at radius 3 is 2.69 bits per heavy atom. The number of ether oxygens (including phenoxy) is 2. The maximum atomic E-state index is 12.6. The van der Waals surface area contributed by atoms with E-state index in [2.05, 4.69) is 38.0 Å². The van der Waals surface area contributed by atoms with E-state index in [-0.39, 0.29) is 17.7 Å². The molecule has 7 nitrogen and oxygen atoms in total. The van der Waals surface area contributed by atoms with Crippen molar-refractivity contribution in [3.8, 4) is 16.9 Å². The molecule has 2 atom stereocenters. The van der Waals surface area contributed by atoms with Gasteiger partial charge in [0.1, 0.15) is 11.4 Å². The van der Waals surface area contributed by atoms with Gasteiger partial charge in [-0.25, -0.2) is 0 Å². The van der Waals surface area contributed by atoms with Crippen LogP contribution in [0.4, 0.5) is 13.2 Å². The minimum absolute atomic E-state index is 0.104. The number of carbonyl (C=O) groups excluding carboxylic acids is 1. The molecule has 0 radical (unpaired) electrons. The molecule has 0 saturated heterocycles. The van der Waals surface area contributed by atoms with E-state index >= 15 is 0 Å². The van der Waals surface area contributed by atoms with Crippen molar-refractivity contribution in [3.05, 3.63) is 39.7 Å². The van der Waals surface area contributed by atoms with E-state index in [9.17, 15) is 23.1 Å². The lowest BCUT2D eigenvalue weighted by atomic mass is 10.1. The highest BCUT2D eigenvalue weighted by molar-refractivity contribution is 14.1. The van der Waals surface area contributed by atoms with Gasteiger partial charge < -0.3 is 24.5 Å². The Morgan fingerprint density at radius 2 is 2.03 bits per heavy atom. The molecule has 0 fully saturated rings. The molecule has 176 valence electrons. The first kappa shape index (κ1) is 24.8. The molecule has 3 N–H and O–H groups in total. The van der Waals surface area contributed by atoms with E-state index in [1.54, 1.807) is 12.1 Å². The largest absolute Gasteiger partial charge is 0.573 e. The second-order valence-corrected chi connectivity index (χ2v) is 9.39. The predicted molar refractivity (Wildman–Crippen MR) is 120 cm³/mol. The van der Waals surface area contributed by atoms with Gasteiger partial charge in [0, 0.05) is 18.7 Å². The molecule has 32 heavy (non-hydrogen) atoms. The van der Waals surface area contributed by atoms with E-state index in [1.165, 1.54) is 18.2 Å². The van der Waals surface area contributed by atoms with E-state index in [4.69, 9.17) is 4.74 Å². The van der Waals surface area contributed by atoms with Gasteiger partial charge in [-0.15, -0.1) is 13.2 Å². The third-order valence-corrected chi connectivity index (χ3v) is 5.81. The lowest BCUT2D eigenvalue weighted by Crippen LogP contribution is -2.42. The van der Waals surface area contributed by atoms with E-state index < -0.39 is 18.4 Å². The van der Waals surface area contributed by atoms with Crippen LogP contribution in [0.25, 0.3) is 11.1 Å². The zero-order valence-electron chi connectivity index (χ0n) is 17.8. The van der Waals surface area contributed by atoms with Crippen LogP contribution in [0.3, 0.4) is 0 Å². The first-order valence-electron chi connectivity index (χ1n) is 9.98. The van der Waals surface area contributed by atoms with Gasteiger partial charge in [-0.3, -0.25) is 10.1 Å². The van der Waals surface area contributed by atoms with Crippen molar-refractivity contribution >= 4 is 28.5 Å². The summed E-state index contributed by atoms with van der Waals surface area (Å²) in [7, 11) is 0. The van der Waals surface area contributed by atoms with Gasteiger partial charge in [0.15, 0.2) is 0 Å². The Labute approximate surface area is 197 Å². The van der Waals surface area contributed by atoms with Crippen molar-refractivity contribution in [2.24, 2.45) is 0 Å². The van der Waals surface area contributed by atoms with Gasteiger partial charge in [-0.1, -0.05) is 12.1 Å². The van der Waals surface area contributed by atoms with Crippen LogP contribution in [0.5, 0.6) is 5.75 Å². The Kier molecular flexibility index (Phi) is 7.42. The normalized spacial score (nSPS) is 17.6. The van der Waals surface area contributed by atoms with Crippen molar-refractivity contribution in [1.29, 1.82) is 0 Å². The number of amides is 1. The summed E-state index contributed by atoms with van der Waals surface area (Å²) in [5, 5.41) is 15.7. The average molecular weight is 567 g/mol. The van der Waals surface area contributed by atoms with Crippen molar-refractivity contribution in [2.75, 3.05) is 13.1 Å². The van der Waals surface area contributed by atoms with Crippen molar-refractivity contribution in [3.63, 3.8) is 0 Å². The minimum atomic E-state index is -4.79. The number of carbonyl (C=O) groups is 1. The zero-order valence-corrected chi connectivity index (χ0v) is 20.0. The van der Waals surface area contributed by atoms with E-state index in [0.29, 0.717) is 36.3 Å². The standard InChI is InChI=1S/C21H25F3IN3O4/c1-20(2,3)32-19(30)26-8-7-13-11-27-18(29)16-10-15(17(25)28(13)16)12-5-4-6-14(9-12)31-21(22,23)24/h4-6,9-10,13,19,26,30H,7-8,11H2,1-3H3,(H,27,29). The number of aromatic nitrogens is 1. The lowest BCUT2D eigenvalue weighted by Gasteiger charge is -2.29. The molecule has 2 aromatic rings. The number of alkyl halides is 3. The Hall–Kier alpha value is -1.83. The van der Waals surface area contributed by atoms with Crippen LogP contribution in [-0.2, 0) is 4.74 Å². The summed E-state index contributed by atoms with van der Waals surface area (Å²) in [5.41, 5.74) is 1.07. The Morgan fingerprint density at radius 1 is 1.31 bits per heavy atom. The zero-order chi connectivity index (χ0) is 23.7.